The molecule has 2 aliphatic heterocycles. The van der Waals surface area contributed by atoms with Crippen molar-refractivity contribution >= 4 is 23.6 Å². The third kappa shape index (κ3) is 4.96. The molecule has 1 saturated heterocycles. The molecule has 4 rings (SSSR count). The van der Waals surface area contributed by atoms with Gasteiger partial charge in [-0.15, -0.1) is 18.3 Å². The normalized spacial score (nSPS) is 26.5. The topological polar surface area (TPSA) is 85.3 Å². The third-order valence-corrected chi connectivity index (χ3v) is 6.95. The lowest BCUT2D eigenvalue weighted by atomic mass is 9.96. The van der Waals surface area contributed by atoms with Gasteiger partial charge in [0.25, 0.3) is 11.8 Å². The fraction of sp³-hybridized carbons (Fsp3) is 0.385. The van der Waals surface area contributed by atoms with E-state index in [0.717, 1.165) is 5.56 Å². The minimum absolute atomic E-state index is 0.139. The van der Waals surface area contributed by atoms with E-state index in [0.29, 0.717) is 23.5 Å². The number of amides is 2. The summed E-state index contributed by atoms with van der Waals surface area (Å²) in [5.74, 6) is -0.130. The molecule has 8 heteroatoms. The minimum atomic E-state index is -1.11. The van der Waals surface area contributed by atoms with E-state index in [1.54, 1.807) is 30.3 Å². The van der Waals surface area contributed by atoms with Gasteiger partial charge in [0.1, 0.15) is 29.8 Å². The van der Waals surface area contributed by atoms with Gasteiger partial charge in [0.05, 0.1) is 30.9 Å². The fourth-order valence-corrected chi connectivity index (χ4v) is 5.36. The number of fused-ring (bicyclic) bond motifs is 1. The number of nitrogens with zero attached hydrogens (tertiary/aromatic N) is 1. The van der Waals surface area contributed by atoms with E-state index in [9.17, 15) is 14.7 Å². The molecule has 1 fully saturated rings. The summed E-state index contributed by atoms with van der Waals surface area (Å²) >= 11 is 1.46. The zero-order valence-electron chi connectivity index (χ0n) is 19.0. The second-order valence-corrected chi connectivity index (χ2v) is 9.47. The van der Waals surface area contributed by atoms with Crippen molar-refractivity contribution < 1.29 is 28.9 Å². The van der Waals surface area contributed by atoms with Crippen molar-refractivity contribution in [2.75, 3.05) is 19.0 Å². The van der Waals surface area contributed by atoms with E-state index >= 15 is 0 Å². The molecule has 2 aromatic carbocycles. The Labute approximate surface area is 203 Å². The molecule has 2 amide bonds. The molecular weight excluding hydrogens is 454 g/mol. The number of carbonyl (C=O) groups excluding carboxylic acids is 2. The molecule has 0 radical (unpaired) electrons. The predicted molar refractivity (Wildman–Crippen MR) is 130 cm³/mol. The van der Waals surface area contributed by atoms with Crippen LogP contribution in [0.1, 0.15) is 33.2 Å². The molecule has 7 nitrogen and oxygen atoms in total. The van der Waals surface area contributed by atoms with Crippen molar-refractivity contribution in [3.8, 4) is 0 Å². The van der Waals surface area contributed by atoms with Gasteiger partial charge < -0.3 is 19.3 Å². The van der Waals surface area contributed by atoms with Crippen LogP contribution in [0.2, 0.25) is 0 Å². The number of aliphatic hydroxyl groups is 1. The lowest BCUT2D eigenvalue weighted by Crippen LogP contribution is -2.65. The van der Waals surface area contributed by atoms with Gasteiger partial charge in [-0.25, -0.2) is 0 Å². The predicted octanol–water partition coefficient (Wildman–Crippen LogP) is 3.28. The van der Waals surface area contributed by atoms with Crippen molar-refractivity contribution in [2.24, 2.45) is 0 Å². The van der Waals surface area contributed by atoms with Crippen molar-refractivity contribution in [1.82, 2.24) is 4.90 Å². The Bertz CT molecular complexity index is 980. The van der Waals surface area contributed by atoms with Gasteiger partial charge in [0.15, 0.2) is 0 Å². The maximum absolute atomic E-state index is 13.3. The fourth-order valence-electron chi connectivity index (χ4n) is 4.33. The molecule has 0 unspecified atom stereocenters. The van der Waals surface area contributed by atoms with Crippen LogP contribution in [0.25, 0.3) is 0 Å². The summed E-state index contributed by atoms with van der Waals surface area (Å²) in [4.78, 5) is 27.7. The van der Waals surface area contributed by atoms with Crippen molar-refractivity contribution in [1.29, 1.82) is 0 Å². The van der Waals surface area contributed by atoms with Crippen LogP contribution in [-0.2, 0) is 20.8 Å². The first-order valence-corrected chi connectivity index (χ1v) is 12.4. The Morgan fingerprint density at radius 3 is 2.35 bits per heavy atom. The maximum Gasteiger partial charge on any atom is 0.262 e. The Morgan fingerprint density at radius 2 is 1.74 bits per heavy atom. The van der Waals surface area contributed by atoms with E-state index < -0.39 is 41.6 Å². The number of ether oxygens (including phenoxy) is 3. The van der Waals surface area contributed by atoms with Gasteiger partial charge in [-0.05, 0) is 23.4 Å². The Kier molecular flexibility index (Phi) is 8.18. The van der Waals surface area contributed by atoms with Gasteiger partial charge >= 0.3 is 0 Å². The monoisotopic (exact) mass is 483 g/mol. The average Bonchev–Trinajstić information content (AvgIpc) is 3.10. The Morgan fingerprint density at radius 1 is 1.09 bits per heavy atom. The van der Waals surface area contributed by atoms with Crippen molar-refractivity contribution in [3.05, 3.63) is 83.9 Å². The molecule has 2 heterocycles. The van der Waals surface area contributed by atoms with Crippen LogP contribution in [0.3, 0.4) is 0 Å². The maximum atomic E-state index is 13.3. The number of carbonyl (C=O) groups is 2. The van der Waals surface area contributed by atoms with E-state index in [-0.39, 0.29) is 13.2 Å². The molecule has 1 N–H and O–H groups in total. The summed E-state index contributed by atoms with van der Waals surface area (Å²) in [6, 6.07) is 15.6. The first kappa shape index (κ1) is 24.6. The molecule has 0 spiro atoms. The zero-order valence-corrected chi connectivity index (χ0v) is 19.9. The molecule has 0 aliphatic carbocycles. The number of imide groups is 1. The molecule has 34 heavy (non-hydrogen) atoms. The summed E-state index contributed by atoms with van der Waals surface area (Å²) in [5.41, 5.74) is 1.11. The van der Waals surface area contributed by atoms with Crippen molar-refractivity contribution in [3.63, 3.8) is 0 Å². The van der Waals surface area contributed by atoms with Crippen LogP contribution in [0.15, 0.2) is 67.3 Å². The number of thioether (sulfide) groups is 1. The van der Waals surface area contributed by atoms with Gasteiger partial charge in [0, 0.05) is 0 Å². The summed E-state index contributed by atoms with van der Waals surface area (Å²) in [5, 5.41) is 11.2. The minimum Gasteiger partial charge on any atom is -0.388 e. The third-order valence-electron chi connectivity index (χ3n) is 5.90. The van der Waals surface area contributed by atoms with Crippen molar-refractivity contribution in [2.45, 2.75) is 43.3 Å². The highest BCUT2D eigenvalue weighted by molar-refractivity contribution is 7.99. The van der Waals surface area contributed by atoms with Crippen LogP contribution >= 0.6 is 11.8 Å². The molecule has 5 atom stereocenters. The SMILES string of the molecule is C=CCO[C@H]1[C@H](O)[C@@H](COCc2ccccc2)O[C@@H](SCC)[C@@H]1N1C(=O)c2ccccc2C1=O. The van der Waals surface area contributed by atoms with Gasteiger partial charge in [0.2, 0.25) is 0 Å². The number of hydrogen-bond acceptors (Lipinski definition) is 7. The summed E-state index contributed by atoms with van der Waals surface area (Å²) < 4.78 is 18.1. The van der Waals surface area contributed by atoms with Gasteiger partial charge in [-0.1, -0.05) is 55.5 Å². The summed E-state index contributed by atoms with van der Waals surface area (Å²) in [7, 11) is 0. The molecule has 2 aromatic rings. The molecule has 0 bridgehead atoms. The van der Waals surface area contributed by atoms with E-state index in [1.165, 1.54) is 16.7 Å². The Balaban J connectivity index is 1.57. The van der Waals surface area contributed by atoms with E-state index in [2.05, 4.69) is 6.58 Å². The lowest BCUT2D eigenvalue weighted by Gasteiger charge is -2.46. The van der Waals surface area contributed by atoms with Crippen LogP contribution in [0.5, 0.6) is 0 Å². The molecule has 0 aromatic heterocycles. The largest absolute Gasteiger partial charge is 0.388 e. The Hall–Kier alpha value is -2.49. The number of hydrogen-bond donors (Lipinski definition) is 1. The second kappa shape index (κ2) is 11.3. The average molecular weight is 484 g/mol. The number of rotatable bonds is 10. The van der Waals surface area contributed by atoms with Crippen LogP contribution in [-0.4, -0.2) is 70.6 Å². The summed E-state index contributed by atoms with van der Waals surface area (Å²) in [6.45, 7) is 6.34. The van der Waals surface area contributed by atoms with E-state index in [4.69, 9.17) is 14.2 Å². The quantitative estimate of drug-likeness (QED) is 0.410. The molecule has 0 saturated carbocycles. The van der Waals surface area contributed by atoms with Gasteiger partial charge in [-0.2, -0.15) is 0 Å². The highest BCUT2D eigenvalue weighted by Gasteiger charge is 2.53. The number of aliphatic hydroxyl groups excluding tert-OH is 1. The van der Waals surface area contributed by atoms with Crippen LogP contribution in [0.4, 0.5) is 0 Å². The zero-order chi connectivity index (χ0) is 24.1. The summed E-state index contributed by atoms with van der Waals surface area (Å²) in [6.07, 6.45) is -1.08. The molecular formula is C26H29NO6S. The van der Waals surface area contributed by atoms with Crippen LogP contribution < -0.4 is 0 Å². The second-order valence-electron chi connectivity index (χ2n) is 8.09. The number of benzene rings is 2. The highest BCUT2D eigenvalue weighted by atomic mass is 32.2. The molecule has 2 aliphatic rings. The highest BCUT2D eigenvalue weighted by Crippen LogP contribution is 2.37. The molecule has 180 valence electrons. The standard InChI is InChI=1S/C26H29NO6S/c1-3-14-32-23-21(27-24(29)18-12-8-9-13-19(18)25(27)30)26(34-4-2)33-20(22(23)28)16-31-15-17-10-6-5-7-11-17/h3,5-13,20-23,26,28H,1,4,14-16H2,2H3/t20-,21-,22-,23-,26+/m1/s1. The first-order valence-electron chi connectivity index (χ1n) is 11.3. The van der Waals surface area contributed by atoms with Gasteiger partial charge in [-0.3, -0.25) is 14.5 Å². The van der Waals surface area contributed by atoms with E-state index in [1.807, 2.05) is 37.3 Å². The lowest BCUT2D eigenvalue weighted by molar-refractivity contribution is -0.199. The van der Waals surface area contributed by atoms with Crippen LogP contribution in [0, 0.1) is 0 Å². The smallest absolute Gasteiger partial charge is 0.262 e. The first-order chi connectivity index (χ1) is 16.6.